The van der Waals surface area contributed by atoms with Gasteiger partial charge in [0, 0.05) is 15.6 Å². The van der Waals surface area contributed by atoms with Crippen molar-refractivity contribution in [1.82, 2.24) is 9.55 Å². The maximum absolute atomic E-state index is 13.1. The van der Waals surface area contributed by atoms with Crippen LogP contribution in [0.15, 0.2) is 83.3 Å². The Kier molecular flexibility index (Phi) is 3.75. The molecule has 1 heterocycles. The molecule has 4 heteroatoms. The van der Waals surface area contributed by atoms with E-state index >= 15 is 0 Å². The summed E-state index contributed by atoms with van der Waals surface area (Å²) in [5, 5.41) is 0. The molecule has 0 amide bonds. The first-order valence-corrected chi connectivity index (χ1v) is 8.36. The number of nitrogens with zero attached hydrogens (tertiary/aromatic N) is 2. The van der Waals surface area contributed by atoms with Gasteiger partial charge in [-0.25, -0.2) is 4.98 Å². The first kappa shape index (κ1) is 14.8. The van der Waals surface area contributed by atoms with Gasteiger partial charge in [-0.1, -0.05) is 58.4 Å². The average Bonchev–Trinajstić information content (AvgIpc) is 3.02. The van der Waals surface area contributed by atoms with Crippen LogP contribution in [0, 0.1) is 0 Å². The molecule has 116 valence electrons. The van der Waals surface area contributed by atoms with E-state index in [1.54, 1.807) is 4.57 Å². The summed E-state index contributed by atoms with van der Waals surface area (Å²) in [5.41, 5.74) is 3.15. The van der Waals surface area contributed by atoms with E-state index in [9.17, 15) is 4.79 Å². The first-order chi connectivity index (χ1) is 11.7. The lowest BCUT2D eigenvalue weighted by Gasteiger charge is -2.08. The summed E-state index contributed by atoms with van der Waals surface area (Å²) in [4.78, 5) is 17.8. The number of rotatable bonds is 2. The highest BCUT2D eigenvalue weighted by molar-refractivity contribution is 9.10. The van der Waals surface area contributed by atoms with E-state index in [1.165, 1.54) is 0 Å². The minimum Gasteiger partial charge on any atom is -0.268 e. The van der Waals surface area contributed by atoms with E-state index in [-0.39, 0.29) is 5.91 Å². The molecule has 1 aromatic heterocycles. The van der Waals surface area contributed by atoms with Crippen LogP contribution in [0.3, 0.4) is 0 Å². The Bertz CT molecular complexity index is 1020. The Hall–Kier alpha value is -2.72. The fourth-order valence-corrected chi connectivity index (χ4v) is 3.00. The molecule has 0 atom stereocenters. The Morgan fingerprint density at radius 1 is 0.833 bits per heavy atom. The monoisotopic (exact) mass is 376 g/mol. The Morgan fingerprint density at radius 3 is 2.25 bits per heavy atom. The standard InChI is InChI=1S/C20H13BrN2O/c21-16-12-10-14(11-13-16)19-22-17-8-4-5-9-18(17)23(19)20(24)15-6-2-1-3-7-15/h1-13H. The van der Waals surface area contributed by atoms with Gasteiger partial charge in [-0.3, -0.25) is 9.36 Å². The summed E-state index contributed by atoms with van der Waals surface area (Å²) in [6.07, 6.45) is 0. The van der Waals surface area contributed by atoms with Crippen LogP contribution in [-0.4, -0.2) is 15.5 Å². The molecule has 4 aromatic rings. The average molecular weight is 377 g/mol. The summed E-state index contributed by atoms with van der Waals surface area (Å²) in [6, 6.07) is 24.8. The SMILES string of the molecule is O=C(c1ccccc1)n1c(-c2ccc(Br)cc2)nc2ccccc21. The lowest BCUT2D eigenvalue weighted by molar-refractivity contribution is 0.0966. The van der Waals surface area contributed by atoms with Gasteiger partial charge in [-0.05, 0) is 36.4 Å². The lowest BCUT2D eigenvalue weighted by Crippen LogP contribution is -2.13. The molecule has 0 aliphatic carbocycles. The molecule has 0 bridgehead atoms. The number of fused-ring (bicyclic) bond motifs is 1. The second kappa shape index (κ2) is 6.06. The van der Waals surface area contributed by atoms with Crippen LogP contribution in [0.4, 0.5) is 0 Å². The molecule has 3 nitrogen and oxygen atoms in total. The van der Waals surface area contributed by atoms with Crippen LogP contribution >= 0.6 is 15.9 Å². The number of aromatic nitrogens is 2. The number of carbonyl (C=O) groups excluding carboxylic acids is 1. The normalized spacial score (nSPS) is 10.9. The molecule has 0 N–H and O–H groups in total. The van der Waals surface area contributed by atoms with Crippen molar-refractivity contribution in [2.75, 3.05) is 0 Å². The van der Waals surface area contributed by atoms with Gasteiger partial charge in [0.05, 0.1) is 11.0 Å². The third-order valence-corrected chi connectivity index (χ3v) is 4.42. The maximum atomic E-state index is 13.1. The number of para-hydroxylation sites is 2. The second-order valence-electron chi connectivity index (χ2n) is 5.44. The maximum Gasteiger partial charge on any atom is 0.264 e. The van der Waals surface area contributed by atoms with Crippen LogP contribution in [-0.2, 0) is 0 Å². The molecule has 0 radical (unpaired) electrons. The first-order valence-electron chi connectivity index (χ1n) is 7.57. The summed E-state index contributed by atoms with van der Waals surface area (Å²) in [6.45, 7) is 0. The Morgan fingerprint density at radius 2 is 1.50 bits per heavy atom. The van der Waals surface area contributed by atoms with E-state index in [0.717, 1.165) is 21.1 Å². The van der Waals surface area contributed by atoms with E-state index in [1.807, 2.05) is 78.9 Å². The van der Waals surface area contributed by atoms with E-state index in [0.29, 0.717) is 11.4 Å². The van der Waals surface area contributed by atoms with Gasteiger partial charge in [0.1, 0.15) is 5.82 Å². The van der Waals surface area contributed by atoms with Gasteiger partial charge >= 0.3 is 0 Å². The van der Waals surface area contributed by atoms with Gasteiger partial charge in [0.2, 0.25) is 0 Å². The highest BCUT2D eigenvalue weighted by Gasteiger charge is 2.19. The van der Waals surface area contributed by atoms with Crippen molar-refractivity contribution in [2.24, 2.45) is 0 Å². The molecule has 3 aromatic carbocycles. The highest BCUT2D eigenvalue weighted by Crippen LogP contribution is 2.27. The summed E-state index contributed by atoms with van der Waals surface area (Å²) >= 11 is 3.44. The molecule has 0 aliphatic heterocycles. The van der Waals surface area contributed by atoms with Crippen LogP contribution in [0.1, 0.15) is 10.4 Å². The van der Waals surface area contributed by atoms with Crippen molar-refractivity contribution in [3.05, 3.63) is 88.9 Å². The number of halogens is 1. The van der Waals surface area contributed by atoms with Crippen molar-refractivity contribution in [3.8, 4) is 11.4 Å². The van der Waals surface area contributed by atoms with Crippen LogP contribution < -0.4 is 0 Å². The molecular formula is C20H13BrN2O. The van der Waals surface area contributed by atoms with Crippen molar-refractivity contribution < 1.29 is 4.79 Å². The van der Waals surface area contributed by atoms with E-state index < -0.39 is 0 Å². The van der Waals surface area contributed by atoms with Crippen molar-refractivity contribution >= 4 is 32.9 Å². The van der Waals surface area contributed by atoms with Gasteiger partial charge in [0.15, 0.2) is 0 Å². The summed E-state index contributed by atoms with van der Waals surface area (Å²) in [7, 11) is 0. The minimum atomic E-state index is -0.0813. The van der Waals surface area contributed by atoms with Gasteiger partial charge in [-0.2, -0.15) is 0 Å². The van der Waals surface area contributed by atoms with Crippen molar-refractivity contribution in [1.29, 1.82) is 0 Å². The largest absolute Gasteiger partial charge is 0.268 e. The lowest BCUT2D eigenvalue weighted by atomic mass is 10.2. The van der Waals surface area contributed by atoms with Gasteiger partial charge in [0.25, 0.3) is 5.91 Å². The highest BCUT2D eigenvalue weighted by atomic mass is 79.9. The van der Waals surface area contributed by atoms with E-state index in [2.05, 4.69) is 20.9 Å². The smallest absolute Gasteiger partial charge is 0.264 e. The molecule has 0 saturated carbocycles. The number of hydrogen-bond donors (Lipinski definition) is 0. The fourth-order valence-electron chi connectivity index (χ4n) is 2.73. The van der Waals surface area contributed by atoms with Crippen molar-refractivity contribution in [2.45, 2.75) is 0 Å². The summed E-state index contributed by atoms with van der Waals surface area (Å²) < 4.78 is 2.68. The van der Waals surface area contributed by atoms with Crippen LogP contribution in [0.2, 0.25) is 0 Å². The zero-order valence-corrected chi connectivity index (χ0v) is 14.3. The Labute approximate surface area is 147 Å². The number of benzene rings is 3. The zero-order chi connectivity index (χ0) is 16.5. The quantitative estimate of drug-likeness (QED) is 0.484. The van der Waals surface area contributed by atoms with Crippen molar-refractivity contribution in [3.63, 3.8) is 0 Å². The molecule has 0 spiro atoms. The predicted molar refractivity (Wildman–Crippen MR) is 99.0 cm³/mol. The molecule has 0 unspecified atom stereocenters. The van der Waals surface area contributed by atoms with Crippen LogP contribution in [0.25, 0.3) is 22.4 Å². The number of carbonyl (C=O) groups is 1. The minimum absolute atomic E-state index is 0.0813. The molecular weight excluding hydrogens is 364 g/mol. The molecule has 0 aliphatic rings. The molecule has 4 rings (SSSR count). The molecule has 24 heavy (non-hydrogen) atoms. The van der Waals surface area contributed by atoms with E-state index in [4.69, 9.17) is 0 Å². The van der Waals surface area contributed by atoms with Gasteiger partial charge in [-0.15, -0.1) is 0 Å². The molecule has 0 saturated heterocycles. The Balaban J connectivity index is 1.97. The third-order valence-electron chi connectivity index (χ3n) is 3.89. The predicted octanol–water partition coefficient (Wildman–Crippen LogP) is 5.15. The topological polar surface area (TPSA) is 34.9 Å². The van der Waals surface area contributed by atoms with Crippen LogP contribution in [0.5, 0.6) is 0 Å². The summed E-state index contributed by atoms with van der Waals surface area (Å²) in [5.74, 6) is 0.569. The number of imidazole rings is 1. The third kappa shape index (κ3) is 2.55. The second-order valence-corrected chi connectivity index (χ2v) is 6.35. The fraction of sp³-hybridized carbons (Fsp3) is 0. The molecule has 0 fully saturated rings. The number of hydrogen-bond acceptors (Lipinski definition) is 2. The van der Waals surface area contributed by atoms with Gasteiger partial charge < -0.3 is 0 Å². The zero-order valence-electron chi connectivity index (χ0n) is 12.7.